The highest BCUT2D eigenvalue weighted by Crippen LogP contribution is 2.26. The predicted octanol–water partition coefficient (Wildman–Crippen LogP) is 1.74. The van der Waals surface area contributed by atoms with Gasteiger partial charge in [0, 0.05) is 25.7 Å². The van der Waals surface area contributed by atoms with Crippen molar-refractivity contribution in [2.75, 3.05) is 20.7 Å². The summed E-state index contributed by atoms with van der Waals surface area (Å²) in [6.45, 7) is 1.73. The summed E-state index contributed by atoms with van der Waals surface area (Å²) in [6.07, 6.45) is -0.534. The van der Waals surface area contributed by atoms with Gasteiger partial charge < -0.3 is 14.7 Å². The zero-order valence-electron chi connectivity index (χ0n) is 10.8. The topological polar surface area (TPSA) is 49.8 Å². The maximum absolute atomic E-state index is 13.1. The third kappa shape index (κ3) is 4.00. The van der Waals surface area contributed by atoms with E-state index in [2.05, 4.69) is 0 Å². The number of aliphatic hydroxyl groups is 1. The third-order valence-electron chi connectivity index (χ3n) is 2.50. The molecule has 1 N–H and O–H groups in total. The molecule has 1 aromatic carbocycles. The minimum atomic E-state index is -0.745. The molecule has 0 saturated heterocycles. The molecule has 0 aliphatic carbocycles. The molecule has 0 fully saturated rings. The second-order valence-corrected chi connectivity index (χ2v) is 4.24. The Labute approximate surface area is 106 Å². The zero-order valence-corrected chi connectivity index (χ0v) is 10.8. The number of hydrogen-bond donors (Lipinski definition) is 1. The molecule has 0 aliphatic rings. The molecule has 0 aromatic heterocycles. The first-order valence-corrected chi connectivity index (χ1v) is 5.72. The van der Waals surface area contributed by atoms with Crippen LogP contribution in [-0.4, -0.2) is 36.6 Å². The van der Waals surface area contributed by atoms with Crippen LogP contribution in [0.2, 0.25) is 0 Å². The molecule has 0 aliphatic heterocycles. The van der Waals surface area contributed by atoms with E-state index in [0.29, 0.717) is 5.56 Å². The van der Waals surface area contributed by atoms with Crippen LogP contribution in [0.1, 0.15) is 25.0 Å². The lowest BCUT2D eigenvalue weighted by molar-refractivity contribution is -0.129. The van der Waals surface area contributed by atoms with Gasteiger partial charge >= 0.3 is 0 Å². The van der Waals surface area contributed by atoms with E-state index in [9.17, 15) is 14.3 Å². The largest absolute Gasteiger partial charge is 0.493 e. The maximum Gasteiger partial charge on any atom is 0.225 e. The third-order valence-corrected chi connectivity index (χ3v) is 2.50. The summed E-state index contributed by atoms with van der Waals surface area (Å²) in [5.41, 5.74) is 0.508. The molecule has 0 unspecified atom stereocenters. The number of carbonyl (C=O) groups is 1. The van der Waals surface area contributed by atoms with Crippen molar-refractivity contribution in [3.8, 4) is 5.75 Å². The zero-order chi connectivity index (χ0) is 13.7. The molecule has 100 valence electrons. The van der Waals surface area contributed by atoms with Crippen molar-refractivity contribution in [2.24, 2.45) is 0 Å². The fraction of sp³-hybridized carbons (Fsp3) is 0.462. The lowest BCUT2D eigenvalue weighted by Crippen LogP contribution is -2.23. The maximum atomic E-state index is 13.1. The van der Waals surface area contributed by atoms with Crippen LogP contribution in [0.15, 0.2) is 18.2 Å². The minimum absolute atomic E-state index is 0.0648. The highest BCUT2D eigenvalue weighted by atomic mass is 19.1. The second kappa shape index (κ2) is 6.35. The Bertz CT molecular complexity index is 419. The van der Waals surface area contributed by atoms with Crippen molar-refractivity contribution in [1.82, 2.24) is 4.90 Å². The van der Waals surface area contributed by atoms with Gasteiger partial charge in [0.05, 0.1) is 19.1 Å². The number of aliphatic hydroxyl groups excluding tert-OH is 1. The molecule has 5 heteroatoms. The summed E-state index contributed by atoms with van der Waals surface area (Å²) < 4.78 is 18.4. The van der Waals surface area contributed by atoms with Crippen molar-refractivity contribution >= 4 is 5.91 Å². The fourth-order valence-corrected chi connectivity index (χ4v) is 1.45. The van der Waals surface area contributed by atoms with Gasteiger partial charge in [-0.2, -0.15) is 0 Å². The van der Waals surface area contributed by atoms with E-state index in [-0.39, 0.29) is 24.7 Å². The van der Waals surface area contributed by atoms with Crippen LogP contribution in [0.5, 0.6) is 5.75 Å². The highest BCUT2D eigenvalue weighted by molar-refractivity contribution is 5.75. The lowest BCUT2D eigenvalue weighted by Gasteiger charge is -2.14. The van der Waals surface area contributed by atoms with Gasteiger partial charge in [0.1, 0.15) is 11.6 Å². The van der Waals surface area contributed by atoms with Crippen molar-refractivity contribution in [3.63, 3.8) is 0 Å². The van der Waals surface area contributed by atoms with Gasteiger partial charge in [-0.1, -0.05) is 0 Å². The van der Waals surface area contributed by atoms with E-state index in [1.54, 1.807) is 21.0 Å². The number of nitrogens with zero attached hydrogens (tertiary/aromatic N) is 1. The highest BCUT2D eigenvalue weighted by Gasteiger charge is 2.11. The Hall–Kier alpha value is -1.62. The van der Waals surface area contributed by atoms with Crippen molar-refractivity contribution in [3.05, 3.63) is 29.6 Å². The number of hydrogen-bond acceptors (Lipinski definition) is 3. The first kappa shape index (κ1) is 14.4. The Balaban J connectivity index is 2.66. The first-order valence-electron chi connectivity index (χ1n) is 5.72. The Morgan fingerprint density at radius 2 is 2.17 bits per heavy atom. The number of ether oxygens (including phenoxy) is 1. The molecular formula is C13H18FNO3. The van der Waals surface area contributed by atoms with E-state index >= 15 is 0 Å². The van der Waals surface area contributed by atoms with Crippen LogP contribution in [-0.2, 0) is 4.79 Å². The number of halogens is 1. The summed E-state index contributed by atoms with van der Waals surface area (Å²) in [6, 6.07) is 3.95. The van der Waals surface area contributed by atoms with E-state index in [1.807, 2.05) is 0 Å². The molecule has 18 heavy (non-hydrogen) atoms. The van der Waals surface area contributed by atoms with Crippen LogP contribution >= 0.6 is 0 Å². The molecule has 1 aromatic rings. The summed E-state index contributed by atoms with van der Waals surface area (Å²) in [5, 5.41) is 9.51. The molecule has 0 spiro atoms. The molecular weight excluding hydrogens is 237 g/mol. The van der Waals surface area contributed by atoms with Crippen molar-refractivity contribution < 1.29 is 19.0 Å². The average molecular weight is 255 g/mol. The van der Waals surface area contributed by atoms with E-state index in [1.165, 1.54) is 23.1 Å². The molecule has 0 radical (unpaired) electrons. The Morgan fingerprint density at radius 1 is 1.50 bits per heavy atom. The Kier molecular flexibility index (Phi) is 5.09. The van der Waals surface area contributed by atoms with E-state index in [0.717, 1.165) is 0 Å². The summed E-state index contributed by atoms with van der Waals surface area (Å²) in [5.74, 6) is -0.227. The van der Waals surface area contributed by atoms with Crippen LogP contribution in [0.4, 0.5) is 4.39 Å². The summed E-state index contributed by atoms with van der Waals surface area (Å²) >= 11 is 0. The average Bonchev–Trinajstić information content (AvgIpc) is 2.28. The molecule has 0 bridgehead atoms. The van der Waals surface area contributed by atoms with Gasteiger partial charge in [0.2, 0.25) is 5.91 Å². The van der Waals surface area contributed by atoms with Crippen molar-refractivity contribution in [1.29, 1.82) is 0 Å². The molecule has 0 heterocycles. The molecule has 0 saturated carbocycles. The quantitative estimate of drug-likeness (QED) is 0.871. The van der Waals surface area contributed by atoms with Gasteiger partial charge in [-0.3, -0.25) is 4.79 Å². The molecule has 1 atom stereocenters. The minimum Gasteiger partial charge on any atom is -0.493 e. The number of amides is 1. The second-order valence-electron chi connectivity index (χ2n) is 4.24. The van der Waals surface area contributed by atoms with Crippen LogP contribution in [0.3, 0.4) is 0 Å². The molecule has 1 rings (SSSR count). The van der Waals surface area contributed by atoms with Crippen molar-refractivity contribution in [2.45, 2.75) is 19.4 Å². The normalized spacial score (nSPS) is 12.1. The predicted molar refractivity (Wildman–Crippen MR) is 65.8 cm³/mol. The summed E-state index contributed by atoms with van der Waals surface area (Å²) in [4.78, 5) is 12.8. The van der Waals surface area contributed by atoms with Gasteiger partial charge in [0.25, 0.3) is 0 Å². The van der Waals surface area contributed by atoms with E-state index < -0.39 is 11.9 Å². The number of benzene rings is 1. The van der Waals surface area contributed by atoms with Crippen LogP contribution < -0.4 is 4.74 Å². The van der Waals surface area contributed by atoms with Gasteiger partial charge in [0.15, 0.2) is 0 Å². The van der Waals surface area contributed by atoms with Gasteiger partial charge in [-0.15, -0.1) is 0 Å². The van der Waals surface area contributed by atoms with Gasteiger partial charge in [-0.05, 0) is 19.1 Å². The van der Waals surface area contributed by atoms with Gasteiger partial charge in [-0.25, -0.2) is 4.39 Å². The van der Waals surface area contributed by atoms with Crippen LogP contribution in [0.25, 0.3) is 0 Å². The summed E-state index contributed by atoms with van der Waals surface area (Å²) in [7, 11) is 3.32. The Morgan fingerprint density at radius 3 is 2.72 bits per heavy atom. The monoisotopic (exact) mass is 255 g/mol. The molecule has 1 amide bonds. The smallest absolute Gasteiger partial charge is 0.225 e. The lowest BCUT2D eigenvalue weighted by atomic mass is 10.1. The first-order chi connectivity index (χ1) is 8.41. The molecule has 4 nitrogen and oxygen atoms in total. The standard InChI is InChI=1S/C13H18FNO3/c1-9(16)11-5-4-10(14)8-12(11)18-7-6-13(17)15(2)3/h4-5,8-9,16H,6-7H2,1-3H3/t9-/m1/s1. The van der Waals surface area contributed by atoms with Crippen LogP contribution in [0, 0.1) is 5.82 Å². The number of carbonyl (C=O) groups excluding carboxylic acids is 1. The fourth-order valence-electron chi connectivity index (χ4n) is 1.45. The van der Waals surface area contributed by atoms with E-state index in [4.69, 9.17) is 4.74 Å². The SMILES string of the molecule is C[C@@H](O)c1ccc(F)cc1OCCC(=O)N(C)C. The number of rotatable bonds is 5.